The van der Waals surface area contributed by atoms with Gasteiger partial charge in [0, 0.05) is 6.04 Å². The predicted molar refractivity (Wildman–Crippen MR) is 56.3 cm³/mol. The fourth-order valence-corrected chi connectivity index (χ4v) is 2.34. The molecule has 0 aromatic rings. The molecule has 2 atom stereocenters. The SMILES string of the molecule is CC(C)[C@@H](C(=O)O)N1CCCC[C@H]1C. The standard InChI is InChI=1S/C11H21NO2/c1-8(2)10(11(13)14)12-7-5-4-6-9(12)3/h8-10H,4-7H2,1-3H3,(H,13,14)/t9-,10+/m1/s1. The maximum atomic E-state index is 11.1. The number of hydrogen-bond donors (Lipinski definition) is 1. The van der Waals surface area contributed by atoms with E-state index in [9.17, 15) is 9.90 Å². The highest BCUT2D eigenvalue weighted by molar-refractivity contribution is 5.73. The maximum absolute atomic E-state index is 11.1. The zero-order valence-electron chi connectivity index (χ0n) is 9.36. The summed E-state index contributed by atoms with van der Waals surface area (Å²) in [7, 11) is 0. The molecule has 1 aliphatic heterocycles. The van der Waals surface area contributed by atoms with Crippen molar-refractivity contribution in [3.05, 3.63) is 0 Å². The minimum absolute atomic E-state index is 0.188. The van der Waals surface area contributed by atoms with E-state index in [0.717, 1.165) is 19.4 Å². The van der Waals surface area contributed by atoms with Crippen LogP contribution in [-0.4, -0.2) is 34.6 Å². The lowest BCUT2D eigenvalue weighted by Crippen LogP contribution is -2.51. The molecule has 0 saturated carbocycles. The minimum atomic E-state index is -0.672. The molecule has 0 bridgehead atoms. The van der Waals surface area contributed by atoms with Crippen LogP contribution in [0.3, 0.4) is 0 Å². The van der Waals surface area contributed by atoms with Gasteiger partial charge < -0.3 is 5.11 Å². The second kappa shape index (κ2) is 4.78. The van der Waals surface area contributed by atoms with Crippen LogP contribution in [0.15, 0.2) is 0 Å². The van der Waals surface area contributed by atoms with Crippen LogP contribution in [0.5, 0.6) is 0 Å². The van der Waals surface area contributed by atoms with Gasteiger partial charge in [0.15, 0.2) is 0 Å². The summed E-state index contributed by atoms with van der Waals surface area (Å²) in [5, 5.41) is 9.17. The van der Waals surface area contributed by atoms with Crippen molar-refractivity contribution in [1.29, 1.82) is 0 Å². The zero-order chi connectivity index (χ0) is 10.7. The van der Waals surface area contributed by atoms with Gasteiger partial charge in [-0.05, 0) is 32.2 Å². The molecule has 1 N–H and O–H groups in total. The summed E-state index contributed by atoms with van der Waals surface area (Å²) in [6.45, 7) is 7.05. The first-order chi connectivity index (χ1) is 6.54. The second-order valence-electron chi connectivity index (χ2n) is 4.61. The third-order valence-electron chi connectivity index (χ3n) is 3.10. The van der Waals surface area contributed by atoms with Crippen LogP contribution < -0.4 is 0 Å². The Kier molecular flexibility index (Phi) is 3.93. The molecule has 1 saturated heterocycles. The Hall–Kier alpha value is -0.570. The van der Waals surface area contributed by atoms with Crippen molar-refractivity contribution in [2.45, 2.75) is 52.1 Å². The fourth-order valence-electron chi connectivity index (χ4n) is 2.34. The lowest BCUT2D eigenvalue weighted by atomic mass is 9.95. The summed E-state index contributed by atoms with van der Waals surface area (Å²) in [4.78, 5) is 13.3. The lowest BCUT2D eigenvalue weighted by molar-refractivity contribution is -0.146. The van der Waals surface area contributed by atoms with Crippen molar-refractivity contribution < 1.29 is 9.90 Å². The number of aliphatic carboxylic acids is 1. The smallest absolute Gasteiger partial charge is 0.321 e. The molecule has 1 aliphatic rings. The van der Waals surface area contributed by atoms with Crippen molar-refractivity contribution in [3.63, 3.8) is 0 Å². The van der Waals surface area contributed by atoms with Crippen LogP contribution >= 0.6 is 0 Å². The van der Waals surface area contributed by atoms with E-state index in [1.165, 1.54) is 6.42 Å². The minimum Gasteiger partial charge on any atom is -0.480 e. The normalized spacial score (nSPS) is 26.4. The topological polar surface area (TPSA) is 40.5 Å². The van der Waals surface area contributed by atoms with E-state index in [2.05, 4.69) is 11.8 Å². The number of carbonyl (C=O) groups is 1. The van der Waals surface area contributed by atoms with Crippen LogP contribution in [0.25, 0.3) is 0 Å². The molecule has 0 aromatic heterocycles. The van der Waals surface area contributed by atoms with Gasteiger partial charge >= 0.3 is 5.97 Å². The Morgan fingerprint density at radius 3 is 2.50 bits per heavy atom. The molecule has 3 heteroatoms. The number of carboxylic acid groups (broad SMARTS) is 1. The maximum Gasteiger partial charge on any atom is 0.321 e. The monoisotopic (exact) mass is 199 g/mol. The van der Waals surface area contributed by atoms with Crippen molar-refractivity contribution in [2.75, 3.05) is 6.54 Å². The van der Waals surface area contributed by atoms with Gasteiger partial charge in [-0.1, -0.05) is 20.3 Å². The highest BCUT2D eigenvalue weighted by Gasteiger charge is 2.32. The van der Waals surface area contributed by atoms with E-state index in [4.69, 9.17) is 0 Å². The van der Waals surface area contributed by atoms with E-state index in [0.29, 0.717) is 6.04 Å². The molecule has 0 amide bonds. The summed E-state index contributed by atoms with van der Waals surface area (Å²) in [6.07, 6.45) is 3.51. The molecule has 82 valence electrons. The third kappa shape index (κ3) is 2.47. The molecule has 1 fully saturated rings. The molecule has 0 radical (unpaired) electrons. The molecule has 3 nitrogen and oxygen atoms in total. The van der Waals surface area contributed by atoms with Gasteiger partial charge in [0.25, 0.3) is 0 Å². The summed E-state index contributed by atoms with van der Waals surface area (Å²) >= 11 is 0. The Balaban J connectivity index is 2.70. The average molecular weight is 199 g/mol. The average Bonchev–Trinajstić information content (AvgIpc) is 2.07. The zero-order valence-corrected chi connectivity index (χ0v) is 9.36. The number of rotatable bonds is 3. The van der Waals surface area contributed by atoms with Gasteiger partial charge in [-0.3, -0.25) is 9.69 Å². The molecular weight excluding hydrogens is 178 g/mol. The van der Waals surface area contributed by atoms with Gasteiger partial charge in [-0.15, -0.1) is 0 Å². The van der Waals surface area contributed by atoms with E-state index < -0.39 is 5.97 Å². The van der Waals surface area contributed by atoms with Crippen molar-refractivity contribution in [1.82, 2.24) is 4.90 Å². The van der Waals surface area contributed by atoms with Crippen LogP contribution in [0.1, 0.15) is 40.0 Å². The van der Waals surface area contributed by atoms with Gasteiger partial charge in [-0.2, -0.15) is 0 Å². The quantitative estimate of drug-likeness (QED) is 0.755. The molecule has 0 unspecified atom stereocenters. The summed E-state index contributed by atoms with van der Waals surface area (Å²) < 4.78 is 0. The van der Waals surface area contributed by atoms with Gasteiger partial charge in [0.05, 0.1) is 0 Å². The van der Waals surface area contributed by atoms with E-state index in [1.54, 1.807) is 0 Å². The second-order valence-corrected chi connectivity index (χ2v) is 4.61. The first-order valence-electron chi connectivity index (χ1n) is 5.52. The van der Waals surface area contributed by atoms with E-state index >= 15 is 0 Å². The third-order valence-corrected chi connectivity index (χ3v) is 3.10. The molecule has 0 aliphatic carbocycles. The first kappa shape index (κ1) is 11.5. The summed E-state index contributed by atoms with van der Waals surface area (Å²) in [6, 6.07) is 0.123. The van der Waals surface area contributed by atoms with Crippen molar-refractivity contribution in [2.24, 2.45) is 5.92 Å². The van der Waals surface area contributed by atoms with E-state index in [-0.39, 0.29) is 12.0 Å². The van der Waals surface area contributed by atoms with Gasteiger partial charge in [0.1, 0.15) is 6.04 Å². The summed E-state index contributed by atoms with van der Waals surface area (Å²) in [5.41, 5.74) is 0. The van der Waals surface area contributed by atoms with Crippen LogP contribution in [0, 0.1) is 5.92 Å². The Morgan fingerprint density at radius 1 is 1.43 bits per heavy atom. The van der Waals surface area contributed by atoms with E-state index in [1.807, 2.05) is 13.8 Å². The number of carboxylic acids is 1. The molecule has 0 spiro atoms. The molecular formula is C11H21NO2. The molecule has 1 rings (SSSR count). The van der Waals surface area contributed by atoms with Crippen LogP contribution in [0.4, 0.5) is 0 Å². The number of nitrogens with zero attached hydrogens (tertiary/aromatic N) is 1. The van der Waals surface area contributed by atoms with Crippen molar-refractivity contribution >= 4 is 5.97 Å². The Bertz CT molecular complexity index is 203. The molecule has 1 heterocycles. The van der Waals surface area contributed by atoms with Gasteiger partial charge in [-0.25, -0.2) is 0 Å². The predicted octanol–water partition coefficient (Wildman–Crippen LogP) is 1.97. The van der Waals surface area contributed by atoms with Gasteiger partial charge in [0.2, 0.25) is 0 Å². The van der Waals surface area contributed by atoms with Crippen LogP contribution in [0.2, 0.25) is 0 Å². The highest BCUT2D eigenvalue weighted by atomic mass is 16.4. The fraction of sp³-hybridized carbons (Fsp3) is 0.909. The lowest BCUT2D eigenvalue weighted by Gasteiger charge is -2.39. The number of piperidine rings is 1. The molecule has 14 heavy (non-hydrogen) atoms. The van der Waals surface area contributed by atoms with Crippen LogP contribution in [-0.2, 0) is 4.79 Å². The van der Waals surface area contributed by atoms with Crippen molar-refractivity contribution in [3.8, 4) is 0 Å². The molecule has 0 aromatic carbocycles. The Morgan fingerprint density at radius 2 is 2.07 bits per heavy atom. The largest absolute Gasteiger partial charge is 0.480 e. The Labute approximate surface area is 86.1 Å². The highest BCUT2D eigenvalue weighted by Crippen LogP contribution is 2.22. The number of likely N-dealkylation sites (tertiary alicyclic amines) is 1. The first-order valence-corrected chi connectivity index (χ1v) is 5.52. The summed E-state index contributed by atoms with van der Waals surface area (Å²) in [5.74, 6) is -0.484. The number of hydrogen-bond acceptors (Lipinski definition) is 2.